The lowest BCUT2D eigenvalue weighted by atomic mass is 10.0. The van der Waals surface area contributed by atoms with E-state index < -0.39 is 59.2 Å². The van der Waals surface area contributed by atoms with Crippen LogP contribution in [0.15, 0.2) is 73.7 Å². The first-order chi connectivity index (χ1) is 46.0. The number of anilines is 4. The lowest BCUT2D eigenvalue weighted by Gasteiger charge is -2.26. The Hall–Kier alpha value is -7.45. The molecule has 8 heterocycles. The highest BCUT2D eigenvalue weighted by molar-refractivity contribution is 7.96. The van der Waals surface area contributed by atoms with E-state index in [0.29, 0.717) is 47.1 Å². The van der Waals surface area contributed by atoms with Crippen LogP contribution in [0, 0.1) is 67.7 Å². The van der Waals surface area contributed by atoms with Crippen molar-refractivity contribution in [3.8, 4) is 12.3 Å². The predicted octanol–water partition coefficient (Wildman–Crippen LogP) is 6.79. The molecular weight excluding hydrogens is 1350 g/mol. The van der Waals surface area contributed by atoms with Crippen molar-refractivity contribution in [1.82, 2.24) is 52.9 Å². The van der Waals surface area contributed by atoms with Crippen LogP contribution in [0.5, 0.6) is 0 Å². The molecule has 536 valence electrons. The molecule has 12 rings (SSSR count). The van der Waals surface area contributed by atoms with Crippen molar-refractivity contribution in [2.24, 2.45) is 20.6 Å². The molecule has 4 aromatic heterocycles. The maximum Gasteiger partial charge on any atom is 0.278 e. The van der Waals surface area contributed by atoms with E-state index in [9.17, 15) is 34.0 Å². The van der Waals surface area contributed by atoms with Gasteiger partial charge in [-0.25, -0.2) is 76.7 Å². The molecule has 31 heteroatoms. The van der Waals surface area contributed by atoms with Crippen molar-refractivity contribution in [3.63, 3.8) is 0 Å². The number of alkyl halides is 2. The Bertz CT molecular complexity index is 4780. The molecule has 0 bridgehead atoms. The number of nitrogens with one attached hydrogen (secondary N) is 2. The summed E-state index contributed by atoms with van der Waals surface area (Å²) in [4.78, 5) is 38.9. The summed E-state index contributed by atoms with van der Waals surface area (Å²) >= 11 is 0. The fourth-order valence-electron chi connectivity index (χ4n) is 12.7. The molecule has 0 amide bonds. The van der Waals surface area contributed by atoms with Crippen molar-refractivity contribution in [1.29, 1.82) is 0 Å². The third kappa shape index (κ3) is 20.2. The first-order valence-electron chi connectivity index (χ1n) is 32.3. The van der Waals surface area contributed by atoms with E-state index in [1.807, 2.05) is 26.0 Å². The van der Waals surface area contributed by atoms with Crippen LogP contribution in [0.25, 0.3) is 43.6 Å². The summed E-state index contributed by atoms with van der Waals surface area (Å²) in [5.41, 5.74) is 14.6. The summed E-state index contributed by atoms with van der Waals surface area (Å²) < 4.78 is 106. The number of aromatic nitrogens is 7. The lowest BCUT2D eigenvalue weighted by molar-refractivity contribution is 0.000549. The van der Waals surface area contributed by atoms with Crippen LogP contribution in [-0.2, 0) is 40.2 Å². The van der Waals surface area contributed by atoms with E-state index in [1.54, 1.807) is 23.2 Å². The predicted molar refractivity (Wildman–Crippen MR) is 401 cm³/mol. The van der Waals surface area contributed by atoms with Gasteiger partial charge in [0.25, 0.3) is 26.3 Å². The SMILES string of the molecule is C.C#Cc1cnc2cc(C)c(C)cc2c1N1CCCC(NS(N)(=O)=O)CC1.C=S(N)(=O)N1CCCN(c2ncnc3cc(C)c(C)cc23)CC1.C=S(N)(=O)NC1CCCN(c2ncnc3cc(C)c(C)cc23)CC1.Cc1cc2ncnc(N3CCN(S(N)(=O)=O)CC(F)(F)C3)c2cc1C. The van der Waals surface area contributed by atoms with Gasteiger partial charge < -0.3 is 19.6 Å². The number of hydrogen-bond donors (Lipinski definition) is 6. The second kappa shape index (κ2) is 32.0. The molecule has 4 fully saturated rings. The number of benzene rings is 4. The van der Waals surface area contributed by atoms with Crippen LogP contribution in [0.2, 0.25) is 0 Å². The third-order valence-electron chi connectivity index (χ3n) is 18.4. The zero-order valence-electron chi connectivity index (χ0n) is 57.0. The summed E-state index contributed by atoms with van der Waals surface area (Å²) in [7, 11) is -13.2. The number of nitrogens with two attached hydrogens (primary N) is 4. The van der Waals surface area contributed by atoms with Crippen LogP contribution < -0.4 is 49.6 Å². The maximum atomic E-state index is 14.3. The normalized spacial score (nSPS) is 19.4. The summed E-state index contributed by atoms with van der Waals surface area (Å²) in [6.45, 7) is 20.9. The van der Waals surface area contributed by atoms with Crippen LogP contribution in [0.4, 0.5) is 31.9 Å². The lowest BCUT2D eigenvalue weighted by Crippen LogP contribution is -2.44. The van der Waals surface area contributed by atoms with Crippen molar-refractivity contribution >= 4 is 119 Å². The van der Waals surface area contributed by atoms with Gasteiger partial charge in [0.2, 0.25) is 0 Å². The van der Waals surface area contributed by atoms with Gasteiger partial charge in [-0.2, -0.15) is 25.9 Å². The molecule has 0 saturated carbocycles. The topological polar surface area (TPSA) is 340 Å². The fourth-order valence-corrected chi connectivity index (χ4v) is 15.7. The van der Waals surface area contributed by atoms with Crippen LogP contribution >= 0.6 is 0 Å². The molecule has 8 aromatic rings. The van der Waals surface area contributed by atoms with Gasteiger partial charge in [-0.3, -0.25) is 4.98 Å². The molecule has 4 unspecified atom stereocenters. The van der Waals surface area contributed by atoms with Crippen molar-refractivity contribution in [3.05, 3.63) is 124 Å². The van der Waals surface area contributed by atoms with Crippen molar-refractivity contribution in [2.45, 2.75) is 126 Å². The average molecular weight is 1440 g/mol. The molecule has 99 heavy (non-hydrogen) atoms. The standard InChI is InChI=1S/C19H24N4O2S.C17H25N5OS.C16H23N5OS.C15H19F2N5O2S.CH4/c1-4-15-12-21-18-11-14(3)13(2)10-17(18)19(15)23-8-5-6-16(7-9-23)22-26(20,24)25;1-12-9-15-16(10-13(12)2)19-11-20-17(15)22-7-4-5-14(6-8-22)21-24(3,18)23;1-12-9-14-15(10-13(12)2)18-11-19-16(14)20-5-4-6-21(8-7-20)23(3,17)22;1-10-5-12-13(6-11(10)2)19-9-20-14(12)21-3-4-22(25(18,23)24)8-15(16,17)7-21;/h1,10-12,16,22H,5-9H2,2-3H3,(H2,20,24,25);9-11,14H,3-8H2,1-2H3,(H3,18,21,23);9-11H,3-8H2,1-2H3,(H2,17,22);5-6,9H,3-4,7-8H2,1-2H3,(H2,18,23,24);1H4. The van der Waals surface area contributed by atoms with E-state index in [2.05, 4.69) is 155 Å². The Morgan fingerprint density at radius 2 is 0.869 bits per heavy atom. The maximum absolute atomic E-state index is 14.3. The zero-order valence-corrected chi connectivity index (χ0v) is 60.2. The average Bonchev–Trinajstić information content (AvgIpc) is 1.50. The van der Waals surface area contributed by atoms with E-state index in [0.717, 1.165) is 138 Å². The van der Waals surface area contributed by atoms with E-state index in [4.69, 9.17) is 27.0 Å². The van der Waals surface area contributed by atoms with Gasteiger partial charge in [0, 0.05) is 105 Å². The van der Waals surface area contributed by atoms with E-state index >= 15 is 0 Å². The van der Waals surface area contributed by atoms with Crippen molar-refractivity contribution in [2.75, 3.05) is 98.1 Å². The number of hydrogen-bond acceptors (Lipinski definition) is 17. The first kappa shape index (κ1) is 77.3. The third-order valence-corrected chi connectivity index (χ3v) is 22.0. The summed E-state index contributed by atoms with van der Waals surface area (Å²) in [5.74, 6) is 8.87. The molecule has 4 atom stereocenters. The highest BCUT2D eigenvalue weighted by Crippen LogP contribution is 2.35. The summed E-state index contributed by atoms with van der Waals surface area (Å²) in [6.07, 6.45) is 18.0. The van der Waals surface area contributed by atoms with Crippen molar-refractivity contribution < 1.29 is 34.0 Å². The minimum Gasteiger partial charge on any atom is -0.370 e. The minimum absolute atomic E-state index is 0. The second-order valence-corrected chi connectivity index (χ2v) is 32.4. The minimum atomic E-state index is -4.19. The van der Waals surface area contributed by atoms with E-state index in [-0.39, 0.29) is 32.6 Å². The smallest absolute Gasteiger partial charge is 0.278 e. The molecule has 0 aliphatic carbocycles. The van der Waals surface area contributed by atoms with Gasteiger partial charge in [0.15, 0.2) is 0 Å². The highest BCUT2D eigenvalue weighted by atomic mass is 32.2. The van der Waals surface area contributed by atoms with Gasteiger partial charge in [0.05, 0.1) is 66.2 Å². The monoisotopic (exact) mass is 1440 g/mol. The number of nitrogens with zero attached hydrogens (tertiary/aromatic N) is 13. The van der Waals surface area contributed by atoms with E-state index in [1.165, 1.54) is 44.6 Å². The van der Waals surface area contributed by atoms with Gasteiger partial charge >= 0.3 is 0 Å². The van der Waals surface area contributed by atoms with Gasteiger partial charge in [-0.15, -0.1) is 6.42 Å². The van der Waals surface area contributed by atoms with Crippen LogP contribution in [-0.4, -0.2) is 177 Å². The Kier molecular flexibility index (Phi) is 25.0. The molecule has 4 aliphatic heterocycles. The molecular formula is C68H95F2N19O6S4. The quantitative estimate of drug-likeness (QED) is 0.0606. The van der Waals surface area contributed by atoms with Gasteiger partial charge in [-0.05, 0) is 205 Å². The molecule has 4 aromatic carbocycles. The summed E-state index contributed by atoms with van der Waals surface area (Å²) in [6, 6.07) is 16.5. The number of rotatable bonds is 10. The second-order valence-electron chi connectivity index (χ2n) is 25.9. The molecule has 0 spiro atoms. The zero-order chi connectivity index (χ0) is 71.2. The highest BCUT2D eigenvalue weighted by Gasteiger charge is 2.41. The molecule has 0 radical (unpaired) electrons. The molecule has 25 nitrogen and oxygen atoms in total. The summed E-state index contributed by atoms with van der Waals surface area (Å²) in [5, 5.41) is 25.2. The number of pyridine rings is 1. The fraction of sp³-hybridized carbons (Fsp3) is 0.456. The van der Waals surface area contributed by atoms with Crippen LogP contribution in [0.3, 0.4) is 0 Å². The number of aryl methyl sites for hydroxylation is 8. The largest absolute Gasteiger partial charge is 0.370 e. The van der Waals surface area contributed by atoms with Crippen LogP contribution in [0.1, 0.15) is 102 Å². The first-order valence-corrected chi connectivity index (χ1v) is 38.9. The van der Waals surface area contributed by atoms with Gasteiger partial charge in [-0.1, -0.05) is 13.3 Å². The molecule has 4 saturated heterocycles. The Morgan fingerprint density at radius 3 is 1.32 bits per heavy atom. The molecule has 10 N–H and O–H groups in total. The van der Waals surface area contributed by atoms with Gasteiger partial charge in [0.1, 0.15) is 36.4 Å². The Morgan fingerprint density at radius 1 is 0.475 bits per heavy atom. The Labute approximate surface area is 582 Å². The number of fused-ring (bicyclic) bond motifs is 4. The Balaban J connectivity index is 0.000000168. The number of halogens is 2. The number of terminal acetylenes is 1. The molecule has 4 aliphatic rings.